The maximum Gasteiger partial charge on any atom is 0.316 e. The lowest BCUT2D eigenvalue weighted by molar-refractivity contribution is -0.497. The van der Waals surface area contributed by atoms with Crippen LogP contribution in [0.25, 0.3) is 0 Å². The van der Waals surface area contributed by atoms with Crippen molar-refractivity contribution in [1.82, 2.24) is 5.32 Å². The van der Waals surface area contributed by atoms with E-state index >= 15 is 0 Å². The number of amides is 1. The number of nitrogens with zero attached hydrogens (tertiary/aromatic N) is 1. The van der Waals surface area contributed by atoms with E-state index in [1.54, 1.807) is 18.2 Å². The van der Waals surface area contributed by atoms with Crippen LogP contribution in [0.2, 0.25) is 0 Å². The third-order valence-corrected chi connectivity index (χ3v) is 3.61. The molecule has 1 aliphatic carbocycles. The van der Waals surface area contributed by atoms with Gasteiger partial charge in [-0.2, -0.15) is 0 Å². The van der Waals surface area contributed by atoms with Gasteiger partial charge >= 0.3 is 5.97 Å². The van der Waals surface area contributed by atoms with Crippen LogP contribution in [0.4, 0.5) is 0 Å². The van der Waals surface area contributed by atoms with Crippen molar-refractivity contribution >= 4 is 11.9 Å². The fourth-order valence-corrected chi connectivity index (χ4v) is 2.15. The Balaban J connectivity index is 1.75. The molecule has 1 aromatic carbocycles. The molecular weight excluding hydrogens is 320 g/mol. The summed E-state index contributed by atoms with van der Waals surface area (Å²) < 4.78 is 15.1. The minimum Gasteiger partial charge on any atom is -0.493 e. The van der Waals surface area contributed by atoms with Crippen molar-refractivity contribution in [2.24, 2.45) is 5.92 Å². The van der Waals surface area contributed by atoms with E-state index in [9.17, 15) is 19.7 Å². The quantitative estimate of drug-likeness (QED) is 0.417. The molecule has 1 aliphatic rings. The van der Waals surface area contributed by atoms with Gasteiger partial charge < -0.3 is 19.5 Å². The Bertz CT molecular complexity index is 647. The number of carbonyl (C=O) groups is 2. The van der Waals surface area contributed by atoms with Gasteiger partial charge in [0.1, 0.15) is 5.92 Å². The lowest BCUT2D eigenvalue weighted by Crippen LogP contribution is -2.29. The van der Waals surface area contributed by atoms with Crippen molar-refractivity contribution < 1.29 is 28.7 Å². The van der Waals surface area contributed by atoms with Crippen molar-refractivity contribution in [3.8, 4) is 11.5 Å². The van der Waals surface area contributed by atoms with Gasteiger partial charge in [0, 0.05) is 17.9 Å². The molecule has 0 radical (unpaired) electrons. The van der Waals surface area contributed by atoms with Crippen LogP contribution in [0.1, 0.15) is 12.0 Å². The topological polar surface area (TPSA) is 117 Å². The summed E-state index contributed by atoms with van der Waals surface area (Å²) >= 11 is 0. The Morgan fingerprint density at radius 1 is 1.29 bits per heavy atom. The summed E-state index contributed by atoms with van der Waals surface area (Å²) in [6, 6.07) is 4.31. The molecule has 1 N–H and O–H groups in total. The average molecular weight is 338 g/mol. The van der Waals surface area contributed by atoms with E-state index in [1.807, 2.05) is 0 Å². The highest BCUT2D eigenvalue weighted by Crippen LogP contribution is 2.34. The molecule has 2 atom stereocenters. The second-order valence-electron chi connectivity index (χ2n) is 5.27. The molecule has 2 unspecified atom stereocenters. The van der Waals surface area contributed by atoms with Gasteiger partial charge in [0.15, 0.2) is 18.1 Å². The van der Waals surface area contributed by atoms with Crippen LogP contribution in [0.3, 0.4) is 0 Å². The number of rotatable bonds is 8. The number of methoxy groups -OCH3 is 2. The smallest absolute Gasteiger partial charge is 0.316 e. The van der Waals surface area contributed by atoms with E-state index in [-0.39, 0.29) is 13.0 Å². The van der Waals surface area contributed by atoms with E-state index in [0.29, 0.717) is 11.5 Å². The summed E-state index contributed by atoms with van der Waals surface area (Å²) in [5.41, 5.74) is 0.780. The number of hydrogen-bond donors (Lipinski definition) is 1. The normalized spacial score (nSPS) is 18.4. The molecule has 1 saturated carbocycles. The zero-order valence-corrected chi connectivity index (χ0v) is 13.3. The molecule has 0 aromatic heterocycles. The maximum atomic E-state index is 11.7. The van der Waals surface area contributed by atoms with Gasteiger partial charge in [-0.05, 0) is 17.7 Å². The molecular formula is C15H18N2O7. The minimum absolute atomic E-state index is 0.166. The molecule has 1 aromatic rings. The predicted molar refractivity (Wildman–Crippen MR) is 81.2 cm³/mol. The van der Waals surface area contributed by atoms with Crippen LogP contribution in [-0.4, -0.2) is 43.7 Å². The number of ether oxygens (including phenoxy) is 3. The molecule has 0 spiro atoms. The third kappa shape index (κ3) is 4.34. The zero-order valence-electron chi connectivity index (χ0n) is 13.3. The van der Waals surface area contributed by atoms with Crippen molar-refractivity contribution in [2.45, 2.75) is 19.0 Å². The standard InChI is InChI=1S/C15H18N2O7/c1-22-12-4-3-9(5-13(12)23-2)7-16-14(18)8-24-15(19)10-6-11(10)17(20)21/h3-5,10-11H,6-8H2,1-2H3,(H,16,18). The highest BCUT2D eigenvalue weighted by atomic mass is 16.6. The van der Waals surface area contributed by atoms with Crippen LogP contribution in [-0.2, 0) is 20.9 Å². The molecule has 9 heteroatoms. The monoisotopic (exact) mass is 338 g/mol. The maximum absolute atomic E-state index is 11.7. The highest BCUT2D eigenvalue weighted by molar-refractivity contribution is 5.82. The number of esters is 1. The molecule has 24 heavy (non-hydrogen) atoms. The van der Waals surface area contributed by atoms with E-state index in [1.165, 1.54) is 14.2 Å². The first-order valence-corrected chi connectivity index (χ1v) is 7.24. The molecule has 0 saturated heterocycles. The van der Waals surface area contributed by atoms with Crippen molar-refractivity contribution in [3.05, 3.63) is 33.9 Å². The summed E-state index contributed by atoms with van der Waals surface area (Å²) in [6.45, 7) is -0.245. The van der Waals surface area contributed by atoms with Gasteiger partial charge in [-0.15, -0.1) is 0 Å². The van der Waals surface area contributed by atoms with Gasteiger partial charge in [0.2, 0.25) is 6.04 Å². The van der Waals surface area contributed by atoms with E-state index in [0.717, 1.165) is 5.56 Å². The van der Waals surface area contributed by atoms with E-state index in [2.05, 4.69) is 5.32 Å². The summed E-state index contributed by atoms with van der Waals surface area (Å²) in [5.74, 6) is -0.824. The first kappa shape index (κ1) is 17.5. The highest BCUT2D eigenvalue weighted by Gasteiger charge is 2.54. The zero-order chi connectivity index (χ0) is 17.7. The van der Waals surface area contributed by atoms with Gasteiger partial charge in [-0.3, -0.25) is 19.7 Å². The molecule has 0 bridgehead atoms. The Kier molecular flexibility index (Phi) is 5.56. The lowest BCUT2D eigenvalue weighted by Gasteiger charge is -2.10. The second kappa shape index (κ2) is 7.62. The SMILES string of the molecule is COc1ccc(CNC(=O)COC(=O)C2CC2[N+](=O)[O-])cc1OC. The van der Waals surface area contributed by atoms with Gasteiger partial charge in [0.25, 0.3) is 5.91 Å². The van der Waals surface area contributed by atoms with Crippen LogP contribution in [0.5, 0.6) is 11.5 Å². The molecule has 1 amide bonds. The van der Waals surface area contributed by atoms with Crippen molar-refractivity contribution in [1.29, 1.82) is 0 Å². The van der Waals surface area contributed by atoms with Crippen LogP contribution in [0.15, 0.2) is 18.2 Å². The predicted octanol–water partition coefficient (Wildman–Crippen LogP) is 0.528. The number of benzene rings is 1. The minimum atomic E-state index is -0.882. The number of hydrogen-bond acceptors (Lipinski definition) is 7. The Morgan fingerprint density at radius 2 is 2.00 bits per heavy atom. The van der Waals surface area contributed by atoms with E-state index in [4.69, 9.17) is 14.2 Å². The third-order valence-electron chi connectivity index (χ3n) is 3.61. The second-order valence-corrected chi connectivity index (χ2v) is 5.27. The summed E-state index contributed by atoms with van der Waals surface area (Å²) in [5, 5.41) is 13.1. The molecule has 0 aliphatic heterocycles. The molecule has 2 rings (SSSR count). The Labute approximate surface area is 138 Å². The number of nitrogens with one attached hydrogen (secondary N) is 1. The Hall–Kier alpha value is -2.84. The van der Waals surface area contributed by atoms with Crippen molar-refractivity contribution in [3.63, 3.8) is 0 Å². The van der Waals surface area contributed by atoms with Crippen LogP contribution >= 0.6 is 0 Å². The number of nitro groups is 1. The first-order valence-electron chi connectivity index (χ1n) is 7.24. The van der Waals surface area contributed by atoms with E-state index < -0.39 is 35.4 Å². The van der Waals surface area contributed by atoms with Crippen molar-refractivity contribution in [2.75, 3.05) is 20.8 Å². The molecule has 0 heterocycles. The van der Waals surface area contributed by atoms with Gasteiger partial charge in [-0.25, -0.2) is 0 Å². The molecule has 130 valence electrons. The summed E-state index contributed by atoms with van der Waals surface area (Å²) in [6.07, 6.45) is 0.166. The lowest BCUT2D eigenvalue weighted by atomic mass is 10.2. The molecule has 9 nitrogen and oxygen atoms in total. The first-order chi connectivity index (χ1) is 11.5. The molecule has 1 fully saturated rings. The van der Waals surface area contributed by atoms with Gasteiger partial charge in [-0.1, -0.05) is 6.07 Å². The summed E-state index contributed by atoms with van der Waals surface area (Å²) in [7, 11) is 3.03. The van der Waals surface area contributed by atoms with Gasteiger partial charge in [0.05, 0.1) is 14.2 Å². The fraction of sp³-hybridized carbons (Fsp3) is 0.467. The largest absolute Gasteiger partial charge is 0.493 e. The fourth-order valence-electron chi connectivity index (χ4n) is 2.15. The number of carbonyl (C=O) groups excluding carboxylic acids is 2. The summed E-state index contributed by atoms with van der Waals surface area (Å²) in [4.78, 5) is 33.2. The van der Waals surface area contributed by atoms with Crippen LogP contribution < -0.4 is 14.8 Å². The van der Waals surface area contributed by atoms with Crippen LogP contribution in [0, 0.1) is 16.0 Å². The Morgan fingerprint density at radius 3 is 2.58 bits per heavy atom. The average Bonchev–Trinajstić information content (AvgIpc) is 3.38.